The monoisotopic (exact) mass is 378 g/mol. The third-order valence-electron chi connectivity index (χ3n) is 4.77. The molecule has 1 aliphatic heterocycles. The molecule has 144 valence electrons. The van der Waals surface area contributed by atoms with Crippen molar-refractivity contribution >= 4 is 11.5 Å². The smallest absolute Gasteiger partial charge is 0.178 e. The van der Waals surface area contributed by atoms with E-state index in [-0.39, 0.29) is 12.0 Å². The number of rotatable bonds is 7. The molecule has 0 radical (unpaired) electrons. The highest BCUT2D eigenvalue weighted by atomic mass is 19.1. The van der Waals surface area contributed by atoms with Crippen molar-refractivity contribution in [3.63, 3.8) is 0 Å². The number of nitrogens with one attached hydrogen (secondary N) is 1. The first kappa shape index (κ1) is 18.4. The Morgan fingerprint density at radius 3 is 2.71 bits per heavy atom. The van der Waals surface area contributed by atoms with Crippen LogP contribution < -0.4 is 4.90 Å². The molecule has 2 aromatic carbocycles. The predicted octanol–water partition coefficient (Wildman–Crippen LogP) is 4.48. The number of amidine groups is 1. The molecule has 3 aromatic rings. The van der Waals surface area contributed by atoms with Gasteiger partial charge in [-0.15, -0.1) is 0 Å². The number of aryl methyl sites for hydroxylation is 1. The minimum Gasteiger partial charge on any atom is -0.352 e. The van der Waals surface area contributed by atoms with Crippen LogP contribution in [-0.2, 0) is 11.2 Å². The Kier molecular flexibility index (Phi) is 5.48. The molecule has 2 heterocycles. The van der Waals surface area contributed by atoms with Crippen LogP contribution in [0.1, 0.15) is 36.5 Å². The van der Waals surface area contributed by atoms with Gasteiger partial charge < -0.3 is 14.6 Å². The first-order valence-corrected chi connectivity index (χ1v) is 9.56. The molecule has 6 heteroatoms. The SMILES string of the molecule is CCOC1N=C(c2ccc(F)cc2)N(CCCc2ncc[nH]2)c2ccccc21. The van der Waals surface area contributed by atoms with Gasteiger partial charge in [0.2, 0.25) is 0 Å². The van der Waals surface area contributed by atoms with Gasteiger partial charge in [-0.2, -0.15) is 0 Å². The highest BCUT2D eigenvalue weighted by Gasteiger charge is 2.28. The lowest BCUT2D eigenvalue weighted by molar-refractivity contribution is 0.0685. The Labute approximate surface area is 163 Å². The fraction of sp³-hybridized carbons (Fsp3) is 0.273. The van der Waals surface area contributed by atoms with Crippen molar-refractivity contribution in [1.82, 2.24) is 9.97 Å². The summed E-state index contributed by atoms with van der Waals surface area (Å²) < 4.78 is 19.4. The van der Waals surface area contributed by atoms with Crippen LogP contribution in [-0.4, -0.2) is 29.0 Å². The second-order valence-corrected chi connectivity index (χ2v) is 6.62. The molecule has 0 aliphatic carbocycles. The number of fused-ring (bicyclic) bond motifs is 1. The molecule has 1 aromatic heterocycles. The van der Waals surface area contributed by atoms with Crippen LogP contribution in [0.3, 0.4) is 0 Å². The van der Waals surface area contributed by atoms with E-state index in [4.69, 9.17) is 9.73 Å². The highest BCUT2D eigenvalue weighted by molar-refractivity contribution is 6.11. The molecule has 5 nitrogen and oxygen atoms in total. The maximum atomic E-state index is 13.5. The van der Waals surface area contributed by atoms with Gasteiger partial charge in [-0.25, -0.2) is 14.4 Å². The van der Waals surface area contributed by atoms with Crippen molar-refractivity contribution in [2.75, 3.05) is 18.1 Å². The number of aromatic nitrogens is 2. The van der Waals surface area contributed by atoms with Gasteiger partial charge in [0.1, 0.15) is 17.5 Å². The zero-order chi connectivity index (χ0) is 19.3. The number of ether oxygens (including phenoxy) is 1. The minimum atomic E-state index is -0.359. The van der Waals surface area contributed by atoms with E-state index in [1.54, 1.807) is 18.3 Å². The largest absolute Gasteiger partial charge is 0.352 e. The first-order chi connectivity index (χ1) is 13.8. The van der Waals surface area contributed by atoms with E-state index >= 15 is 0 Å². The van der Waals surface area contributed by atoms with Crippen LogP contribution in [0.25, 0.3) is 0 Å². The van der Waals surface area contributed by atoms with Crippen LogP contribution in [0.5, 0.6) is 0 Å². The number of aromatic amines is 1. The van der Waals surface area contributed by atoms with Gasteiger partial charge in [0.25, 0.3) is 0 Å². The molecule has 0 fully saturated rings. The summed E-state index contributed by atoms with van der Waals surface area (Å²) in [7, 11) is 0. The molecule has 0 saturated carbocycles. The number of halogens is 1. The summed E-state index contributed by atoms with van der Waals surface area (Å²) in [5, 5.41) is 0. The molecular formula is C22H23FN4O. The fourth-order valence-electron chi connectivity index (χ4n) is 3.49. The predicted molar refractivity (Wildman–Crippen MR) is 108 cm³/mol. The zero-order valence-corrected chi connectivity index (χ0v) is 15.8. The van der Waals surface area contributed by atoms with Crippen molar-refractivity contribution in [3.05, 3.63) is 83.7 Å². The molecule has 28 heavy (non-hydrogen) atoms. The van der Waals surface area contributed by atoms with E-state index in [1.165, 1.54) is 12.1 Å². The summed E-state index contributed by atoms with van der Waals surface area (Å²) in [5.74, 6) is 1.51. The standard InChI is InChI=1S/C22H23FN4O/c1-2-28-22-18-6-3-4-7-19(18)27(15-5-8-20-24-13-14-25-20)21(26-22)16-9-11-17(23)12-10-16/h3-4,6-7,9-14,22H,2,5,8,15H2,1H3,(H,24,25). The number of H-pyrrole nitrogens is 1. The maximum Gasteiger partial charge on any atom is 0.178 e. The third-order valence-corrected chi connectivity index (χ3v) is 4.77. The van der Waals surface area contributed by atoms with Gasteiger partial charge in [-0.1, -0.05) is 18.2 Å². The summed E-state index contributed by atoms with van der Waals surface area (Å²) in [4.78, 5) is 14.5. The van der Waals surface area contributed by atoms with Gasteiger partial charge in [0, 0.05) is 43.1 Å². The van der Waals surface area contributed by atoms with Gasteiger partial charge in [0.05, 0.1) is 5.69 Å². The molecule has 0 saturated heterocycles. The normalized spacial score (nSPS) is 16.0. The molecule has 1 aliphatic rings. The number of nitrogens with zero attached hydrogens (tertiary/aromatic N) is 3. The second kappa shape index (κ2) is 8.35. The quantitative estimate of drug-likeness (QED) is 0.659. The lowest BCUT2D eigenvalue weighted by Gasteiger charge is -2.34. The Morgan fingerprint density at radius 2 is 1.96 bits per heavy atom. The van der Waals surface area contributed by atoms with Crippen molar-refractivity contribution in [3.8, 4) is 0 Å². The van der Waals surface area contributed by atoms with Gasteiger partial charge in [-0.3, -0.25) is 0 Å². The number of hydrogen-bond acceptors (Lipinski definition) is 4. The number of anilines is 1. The van der Waals surface area contributed by atoms with Gasteiger partial charge in [0.15, 0.2) is 6.23 Å². The second-order valence-electron chi connectivity index (χ2n) is 6.62. The average Bonchev–Trinajstić information content (AvgIpc) is 3.23. The van der Waals surface area contributed by atoms with Crippen LogP contribution in [0, 0.1) is 5.82 Å². The minimum absolute atomic E-state index is 0.258. The lowest BCUT2D eigenvalue weighted by atomic mass is 10.0. The lowest BCUT2D eigenvalue weighted by Crippen LogP contribution is -2.37. The van der Waals surface area contributed by atoms with E-state index in [0.717, 1.165) is 47.9 Å². The Bertz CT molecular complexity index is 937. The van der Waals surface area contributed by atoms with Crippen molar-refractivity contribution in [1.29, 1.82) is 0 Å². The van der Waals surface area contributed by atoms with Crippen molar-refractivity contribution < 1.29 is 9.13 Å². The highest BCUT2D eigenvalue weighted by Crippen LogP contribution is 2.36. The average molecular weight is 378 g/mol. The number of aliphatic imine (C=N–C) groups is 1. The van der Waals surface area contributed by atoms with Gasteiger partial charge in [-0.05, 0) is 43.7 Å². The van der Waals surface area contributed by atoms with E-state index in [0.29, 0.717) is 6.61 Å². The van der Waals surface area contributed by atoms with Crippen molar-refractivity contribution in [2.45, 2.75) is 26.0 Å². The summed E-state index contributed by atoms with van der Waals surface area (Å²) >= 11 is 0. The molecule has 0 amide bonds. The maximum absolute atomic E-state index is 13.5. The van der Waals surface area contributed by atoms with E-state index in [2.05, 4.69) is 27.0 Å². The summed E-state index contributed by atoms with van der Waals surface area (Å²) in [5.41, 5.74) is 3.00. The van der Waals surface area contributed by atoms with E-state index in [1.807, 2.05) is 25.3 Å². The number of hydrogen-bond donors (Lipinski definition) is 1. The number of benzene rings is 2. The van der Waals surface area contributed by atoms with Crippen LogP contribution in [0.2, 0.25) is 0 Å². The third kappa shape index (κ3) is 3.82. The molecular weight excluding hydrogens is 355 g/mol. The van der Waals surface area contributed by atoms with Gasteiger partial charge >= 0.3 is 0 Å². The fourth-order valence-corrected chi connectivity index (χ4v) is 3.49. The zero-order valence-electron chi connectivity index (χ0n) is 15.8. The van der Waals surface area contributed by atoms with Crippen LogP contribution in [0.4, 0.5) is 10.1 Å². The van der Waals surface area contributed by atoms with Crippen LogP contribution >= 0.6 is 0 Å². The molecule has 4 rings (SSSR count). The Morgan fingerprint density at radius 1 is 1.14 bits per heavy atom. The van der Waals surface area contributed by atoms with E-state index in [9.17, 15) is 4.39 Å². The molecule has 1 N–H and O–H groups in total. The summed E-state index contributed by atoms with van der Waals surface area (Å²) in [6, 6.07) is 14.6. The molecule has 1 unspecified atom stereocenters. The van der Waals surface area contributed by atoms with E-state index < -0.39 is 0 Å². The molecule has 0 spiro atoms. The first-order valence-electron chi connectivity index (χ1n) is 9.56. The molecule has 0 bridgehead atoms. The Hall–Kier alpha value is -2.99. The summed E-state index contributed by atoms with van der Waals surface area (Å²) in [6.45, 7) is 3.30. The van der Waals surface area contributed by atoms with Crippen molar-refractivity contribution in [2.24, 2.45) is 4.99 Å². The molecule has 1 atom stereocenters. The summed E-state index contributed by atoms with van der Waals surface area (Å²) in [6.07, 6.45) is 4.99. The van der Waals surface area contributed by atoms with Crippen LogP contribution in [0.15, 0.2) is 65.9 Å². The topological polar surface area (TPSA) is 53.5 Å². The number of para-hydroxylation sites is 1. The number of imidazole rings is 1. The Balaban J connectivity index is 1.67.